The molecule has 3 heterocycles. The standard InChI is InChI=1S/C19H21N3O3/c1-11-7-12-8-13(3-4-14(12)17(11)23)22-10-25-16-9-15(20-18(16)22)19(24)21-5-2-6-21/h3-4,8-9,11,17,20,23H,2,5-7,10H2,1H3/t11-,17?/m0/s1. The van der Waals surface area contributed by atoms with Crippen molar-refractivity contribution in [2.75, 3.05) is 24.7 Å². The number of fused-ring (bicyclic) bond motifs is 2. The highest BCUT2D eigenvalue weighted by molar-refractivity contribution is 5.95. The summed E-state index contributed by atoms with van der Waals surface area (Å²) in [4.78, 5) is 19.5. The van der Waals surface area contributed by atoms with E-state index in [2.05, 4.69) is 18.0 Å². The Morgan fingerprint density at radius 2 is 2.16 bits per heavy atom. The first kappa shape index (κ1) is 14.8. The number of hydrogen-bond acceptors (Lipinski definition) is 4. The third kappa shape index (κ3) is 2.17. The van der Waals surface area contributed by atoms with Crippen molar-refractivity contribution in [3.05, 3.63) is 41.1 Å². The Kier molecular flexibility index (Phi) is 3.12. The molecule has 2 aliphatic heterocycles. The normalized spacial score (nSPS) is 23.9. The molecule has 1 aromatic carbocycles. The lowest BCUT2D eigenvalue weighted by Gasteiger charge is -2.30. The fraction of sp³-hybridized carbons (Fsp3) is 0.421. The lowest BCUT2D eigenvalue weighted by molar-refractivity contribution is 0.0646. The van der Waals surface area contributed by atoms with Gasteiger partial charge in [0, 0.05) is 24.8 Å². The van der Waals surface area contributed by atoms with E-state index < -0.39 is 0 Å². The number of likely N-dealkylation sites (tertiary alicyclic amines) is 1. The maximum atomic E-state index is 12.4. The van der Waals surface area contributed by atoms with Gasteiger partial charge in [0.15, 0.2) is 18.3 Å². The number of anilines is 2. The summed E-state index contributed by atoms with van der Waals surface area (Å²) in [5.41, 5.74) is 3.81. The van der Waals surface area contributed by atoms with Crippen molar-refractivity contribution >= 4 is 17.4 Å². The number of carbonyl (C=O) groups excluding carboxylic acids is 1. The second-order valence-corrected chi connectivity index (χ2v) is 7.25. The highest BCUT2D eigenvalue weighted by Gasteiger charge is 2.32. The fourth-order valence-electron chi connectivity index (χ4n) is 3.93. The SMILES string of the molecule is C[C@H]1Cc2cc(N3COc4cc(C(=O)N5CCC5)[nH]c43)ccc2C1O. The van der Waals surface area contributed by atoms with Gasteiger partial charge in [-0.1, -0.05) is 13.0 Å². The summed E-state index contributed by atoms with van der Waals surface area (Å²) in [6, 6.07) is 7.94. The number of aliphatic hydroxyl groups is 1. The molecule has 130 valence electrons. The van der Waals surface area contributed by atoms with Gasteiger partial charge in [-0.25, -0.2) is 0 Å². The Morgan fingerprint density at radius 3 is 2.92 bits per heavy atom. The number of aliphatic hydroxyl groups excluding tert-OH is 1. The summed E-state index contributed by atoms with van der Waals surface area (Å²) < 4.78 is 5.76. The summed E-state index contributed by atoms with van der Waals surface area (Å²) in [6.45, 7) is 4.16. The van der Waals surface area contributed by atoms with Crippen LogP contribution in [0.4, 0.5) is 11.5 Å². The van der Waals surface area contributed by atoms with E-state index in [1.54, 1.807) is 6.07 Å². The van der Waals surface area contributed by atoms with E-state index in [1.165, 1.54) is 5.56 Å². The van der Waals surface area contributed by atoms with Gasteiger partial charge in [0.05, 0.1) is 6.10 Å². The van der Waals surface area contributed by atoms with Gasteiger partial charge in [0.2, 0.25) is 0 Å². The van der Waals surface area contributed by atoms with Gasteiger partial charge in [0.1, 0.15) is 5.69 Å². The van der Waals surface area contributed by atoms with Crippen LogP contribution in [0.3, 0.4) is 0 Å². The number of amides is 1. The number of aromatic amines is 1. The highest BCUT2D eigenvalue weighted by atomic mass is 16.5. The van der Waals surface area contributed by atoms with E-state index >= 15 is 0 Å². The Morgan fingerprint density at radius 1 is 1.32 bits per heavy atom. The molecule has 3 aliphatic rings. The number of hydrogen-bond donors (Lipinski definition) is 2. The zero-order valence-electron chi connectivity index (χ0n) is 14.2. The molecule has 5 rings (SSSR count). The van der Waals surface area contributed by atoms with E-state index in [9.17, 15) is 9.90 Å². The van der Waals surface area contributed by atoms with Crippen LogP contribution >= 0.6 is 0 Å². The number of carbonyl (C=O) groups is 1. The molecule has 0 bridgehead atoms. The topological polar surface area (TPSA) is 68.8 Å². The van der Waals surface area contributed by atoms with Crippen LogP contribution in [0, 0.1) is 5.92 Å². The van der Waals surface area contributed by atoms with Crippen molar-refractivity contribution in [1.82, 2.24) is 9.88 Å². The average molecular weight is 339 g/mol. The summed E-state index contributed by atoms with van der Waals surface area (Å²) in [7, 11) is 0. The van der Waals surface area contributed by atoms with Gasteiger partial charge in [0.25, 0.3) is 5.91 Å². The van der Waals surface area contributed by atoms with Gasteiger partial charge in [-0.15, -0.1) is 0 Å². The van der Waals surface area contributed by atoms with Crippen molar-refractivity contribution in [2.45, 2.75) is 25.9 Å². The summed E-state index contributed by atoms with van der Waals surface area (Å²) in [5.74, 6) is 1.84. The number of ether oxygens (including phenoxy) is 1. The Balaban J connectivity index is 1.45. The Bertz CT molecular complexity index is 856. The molecule has 1 saturated heterocycles. The van der Waals surface area contributed by atoms with E-state index in [1.807, 2.05) is 21.9 Å². The molecule has 2 atom stereocenters. The van der Waals surface area contributed by atoms with Gasteiger partial charge in [-0.2, -0.15) is 0 Å². The zero-order chi connectivity index (χ0) is 17.1. The van der Waals surface area contributed by atoms with E-state index in [-0.39, 0.29) is 17.9 Å². The first-order chi connectivity index (χ1) is 12.1. The molecular weight excluding hydrogens is 318 g/mol. The molecule has 2 aromatic rings. The molecule has 0 saturated carbocycles. The largest absolute Gasteiger partial charge is 0.469 e. The van der Waals surface area contributed by atoms with Crippen LogP contribution in [-0.2, 0) is 6.42 Å². The number of nitrogens with one attached hydrogen (secondary N) is 1. The monoisotopic (exact) mass is 339 g/mol. The van der Waals surface area contributed by atoms with Crippen LogP contribution in [0.5, 0.6) is 5.75 Å². The van der Waals surface area contributed by atoms with E-state index in [0.29, 0.717) is 12.4 Å². The van der Waals surface area contributed by atoms with Crippen LogP contribution in [-0.4, -0.2) is 40.7 Å². The number of aromatic nitrogens is 1. The Hall–Kier alpha value is -2.47. The van der Waals surface area contributed by atoms with Crippen molar-refractivity contribution in [3.8, 4) is 5.75 Å². The first-order valence-electron chi connectivity index (χ1n) is 8.85. The number of nitrogens with zero attached hydrogens (tertiary/aromatic N) is 2. The minimum absolute atomic E-state index is 0.0371. The summed E-state index contributed by atoms with van der Waals surface area (Å²) in [5, 5.41) is 10.2. The van der Waals surface area contributed by atoms with Crippen LogP contribution in [0.2, 0.25) is 0 Å². The molecule has 0 spiro atoms. The van der Waals surface area contributed by atoms with Crippen molar-refractivity contribution < 1.29 is 14.6 Å². The smallest absolute Gasteiger partial charge is 0.270 e. The molecule has 0 radical (unpaired) electrons. The maximum Gasteiger partial charge on any atom is 0.270 e. The number of benzene rings is 1. The van der Waals surface area contributed by atoms with Gasteiger partial charge in [-0.05, 0) is 42.0 Å². The number of rotatable bonds is 2. The zero-order valence-corrected chi connectivity index (χ0v) is 14.2. The summed E-state index contributed by atoms with van der Waals surface area (Å²) >= 11 is 0. The Labute approximate surface area is 146 Å². The van der Waals surface area contributed by atoms with Crippen LogP contribution in [0.1, 0.15) is 41.1 Å². The van der Waals surface area contributed by atoms with Crippen LogP contribution in [0.25, 0.3) is 0 Å². The quantitative estimate of drug-likeness (QED) is 0.882. The molecule has 1 aliphatic carbocycles. The van der Waals surface area contributed by atoms with E-state index in [0.717, 1.165) is 48.7 Å². The molecule has 6 nitrogen and oxygen atoms in total. The molecule has 6 heteroatoms. The lowest BCUT2D eigenvalue weighted by Crippen LogP contribution is -2.42. The molecule has 1 fully saturated rings. The van der Waals surface area contributed by atoms with Crippen molar-refractivity contribution in [3.63, 3.8) is 0 Å². The minimum Gasteiger partial charge on any atom is -0.469 e. The number of H-pyrrole nitrogens is 1. The molecule has 25 heavy (non-hydrogen) atoms. The van der Waals surface area contributed by atoms with Gasteiger partial charge < -0.3 is 19.7 Å². The maximum absolute atomic E-state index is 12.4. The minimum atomic E-state index is -0.374. The lowest BCUT2D eigenvalue weighted by atomic mass is 10.1. The fourth-order valence-corrected chi connectivity index (χ4v) is 3.93. The molecule has 1 aromatic heterocycles. The van der Waals surface area contributed by atoms with Crippen molar-refractivity contribution in [2.24, 2.45) is 5.92 Å². The van der Waals surface area contributed by atoms with Gasteiger partial charge in [-0.3, -0.25) is 9.69 Å². The highest BCUT2D eigenvalue weighted by Crippen LogP contribution is 2.42. The van der Waals surface area contributed by atoms with Crippen LogP contribution in [0.15, 0.2) is 24.3 Å². The summed E-state index contributed by atoms with van der Waals surface area (Å²) in [6.07, 6.45) is 1.59. The predicted molar refractivity (Wildman–Crippen MR) is 93.2 cm³/mol. The molecule has 1 amide bonds. The van der Waals surface area contributed by atoms with E-state index in [4.69, 9.17) is 4.74 Å². The molecule has 1 unspecified atom stereocenters. The van der Waals surface area contributed by atoms with Crippen LogP contribution < -0.4 is 9.64 Å². The molecule has 2 N–H and O–H groups in total. The predicted octanol–water partition coefficient (Wildman–Crippen LogP) is 2.57. The first-order valence-corrected chi connectivity index (χ1v) is 8.85. The molecular formula is C19H21N3O3. The third-order valence-electron chi connectivity index (χ3n) is 5.59. The van der Waals surface area contributed by atoms with Crippen molar-refractivity contribution in [1.29, 1.82) is 0 Å². The average Bonchev–Trinajstić information content (AvgIpc) is 3.19. The van der Waals surface area contributed by atoms with Gasteiger partial charge >= 0.3 is 0 Å². The third-order valence-corrected chi connectivity index (χ3v) is 5.59. The second-order valence-electron chi connectivity index (χ2n) is 7.25. The second kappa shape index (κ2) is 5.26.